The van der Waals surface area contributed by atoms with Crippen molar-refractivity contribution in [3.8, 4) is 0 Å². The molecule has 80 valence electrons. The van der Waals surface area contributed by atoms with Gasteiger partial charge in [-0.15, -0.1) is 30.1 Å². The molecule has 1 N–H and O–H groups in total. The van der Waals surface area contributed by atoms with E-state index in [0.717, 1.165) is 30.8 Å². The maximum absolute atomic E-state index is 10.7. The van der Waals surface area contributed by atoms with Crippen molar-refractivity contribution >= 4 is 29.5 Å². The van der Waals surface area contributed by atoms with Gasteiger partial charge < -0.3 is 5.11 Å². The summed E-state index contributed by atoms with van der Waals surface area (Å²) in [5.74, 6) is 1.50. The van der Waals surface area contributed by atoms with Gasteiger partial charge in [-0.3, -0.25) is 4.79 Å². The van der Waals surface area contributed by atoms with Gasteiger partial charge in [-0.05, 0) is 19.3 Å². The molecule has 1 rings (SSSR count). The Bertz CT molecular complexity index is 210. The minimum absolute atomic E-state index is 0.0468. The summed E-state index contributed by atoms with van der Waals surface area (Å²) in [5, 5.41) is 8.85. The van der Waals surface area contributed by atoms with Crippen molar-refractivity contribution in [2.45, 2.75) is 29.8 Å². The van der Waals surface area contributed by atoms with Gasteiger partial charge in [-0.1, -0.05) is 6.08 Å². The maximum atomic E-state index is 10.7. The molecular weight excluding hydrogens is 216 g/mol. The molecule has 0 atom stereocenters. The number of carboxylic acid groups (broad SMARTS) is 1. The number of carbonyl (C=O) groups is 1. The van der Waals surface area contributed by atoms with Crippen LogP contribution in [0.1, 0.15) is 25.7 Å². The molecule has 0 saturated carbocycles. The van der Waals surface area contributed by atoms with Crippen molar-refractivity contribution < 1.29 is 9.90 Å². The van der Waals surface area contributed by atoms with Crippen LogP contribution in [0.2, 0.25) is 0 Å². The normalized spacial score (nSPS) is 19.4. The van der Waals surface area contributed by atoms with Gasteiger partial charge in [0.1, 0.15) is 0 Å². The van der Waals surface area contributed by atoms with Crippen LogP contribution in [-0.4, -0.2) is 26.7 Å². The number of hydrogen-bond donors (Lipinski definition) is 1. The average molecular weight is 232 g/mol. The summed E-state index contributed by atoms with van der Waals surface area (Å²) in [4.78, 5) is 10.7. The number of aliphatic carboxylic acids is 1. The SMILES string of the molecule is C=CCCCC1(CC(=O)O)SCCS1. The lowest BCUT2D eigenvalue weighted by atomic mass is 10.1. The third kappa shape index (κ3) is 3.58. The molecule has 0 aliphatic carbocycles. The van der Waals surface area contributed by atoms with Gasteiger partial charge in [0, 0.05) is 11.5 Å². The van der Waals surface area contributed by atoms with E-state index < -0.39 is 5.97 Å². The smallest absolute Gasteiger partial charge is 0.305 e. The molecule has 0 spiro atoms. The van der Waals surface area contributed by atoms with Crippen LogP contribution in [0.15, 0.2) is 12.7 Å². The van der Waals surface area contributed by atoms with Crippen molar-refractivity contribution in [3.63, 3.8) is 0 Å². The molecule has 0 aromatic rings. The first-order valence-electron chi connectivity index (χ1n) is 4.79. The van der Waals surface area contributed by atoms with Crippen LogP contribution in [0.5, 0.6) is 0 Å². The molecule has 14 heavy (non-hydrogen) atoms. The van der Waals surface area contributed by atoms with Gasteiger partial charge in [-0.25, -0.2) is 0 Å². The third-order valence-electron chi connectivity index (χ3n) is 2.20. The van der Waals surface area contributed by atoms with Crippen molar-refractivity contribution in [1.82, 2.24) is 0 Å². The summed E-state index contributed by atoms with van der Waals surface area (Å²) in [5.41, 5.74) is 0. The minimum atomic E-state index is -0.675. The Morgan fingerprint density at radius 1 is 1.50 bits per heavy atom. The average Bonchev–Trinajstić information content (AvgIpc) is 2.53. The monoisotopic (exact) mass is 232 g/mol. The molecule has 0 radical (unpaired) electrons. The highest BCUT2D eigenvalue weighted by Crippen LogP contribution is 2.49. The maximum Gasteiger partial charge on any atom is 0.305 e. The molecule has 1 aliphatic rings. The number of allylic oxidation sites excluding steroid dienone is 1. The number of unbranched alkanes of at least 4 members (excludes halogenated alkanes) is 1. The molecule has 1 aliphatic heterocycles. The molecule has 1 saturated heterocycles. The van der Waals surface area contributed by atoms with Gasteiger partial charge in [0.25, 0.3) is 0 Å². The predicted octanol–water partition coefficient (Wildman–Crippen LogP) is 2.99. The van der Waals surface area contributed by atoms with E-state index in [4.69, 9.17) is 5.11 Å². The van der Waals surface area contributed by atoms with Gasteiger partial charge in [-0.2, -0.15) is 0 Å². The van der Waals surface area contributed by atoms with E-state index in [0.29, 0.717) is 6.42 Å². The zero-order valence-corrected chi connectivity index (χ0v) is 9.83. The highest BCUT2D eigenvalue weighted by atomic mass is 32.2. The van der Waals surface area contributed by atoms with Crippen molar-refractivity contribution in [1.29, 1.82) is 0 Å². The second-order valence-corrected chi connectivity index (χ2v) is 6.57. The van der Waals surface area contributed by atoms with Crippen LogP contribution >= 0.6 is 23.5 Å². The fraction of sp³-hybridized carbons (Fsp3) is 0.700. The van der Waals surface area contributed by atoms with E-state index in [1.165, 1.54) is 0 Å². The fourth-order valence-electron chi connectivity index (χ4n) is 1.58. The zero-order chi connectivity index (χ0) is 10.4. The number of thioether (sulfide) groups is 2. The largest absolute Gasteiger partial charge is 0.481 e. The first-order valence-corrected chi connectivity index (χ1v) is 6.76. The van der Waals surface area contributed by atoms with Crippen LogP contribution in [0.4, 0.5) is 0 Å². The predicted molar refractivity (Wildman–Crippen MR) is 63.9 cm³/mol. The zero-order valence-electron chi connectivity index (χ0n) is 8.20. The quantitative estimate of drug-likeness (QED) is 0.564. The summed E-state index contributed by atoms with van der Waals surface area (Å²) < 4.78 is -0.0468. The van der Waals surface area contributed by atoms with Crippen molar-refractivity contribution in [3.05, 3.63) is 12.7 Å². The fourth-order valence-corrected chi connectivity index (χ4v) is 4.85. The molecule has 0 aromatic heterocycles. The minimum Gasteiger partial charge on any atom is -0.481 e. The number of hydrogen-bond acceptors (Lipinski definition) is 3. The molecule has 4 heteroatoms. The first kappa shape index (κ1) is 12.0. The van der Waals surface area contributed by atoms with E-state index in [1.807, 2.05) is 29.6 Å². The van der Waals surface area contributed by atoms with E-state index in [1.54, 1.807) is 0 Å². The summed E-state index contributed by atoms with van der Waals surface area (Å²) in [6, 6.07) is 0. The lowest BCUT2D eigenvalue weighted by molar-refractivity contribution is -0.137. The third-order valence-corrected chi connectivity index (χ3v) is 5.73. The highest BCUT2D eigenvalue weighted by Gasteiger charge is 2.36. The summed E-state index contributed by atoms with van der Waals surface area (Å²) in [6.07, 6.45) is 5.22. The van der Waals surface area contributed by atoms with Crippen LogP contribution in [0.25, 0.3) is 0 Å². The summed E-state index contributed by atoms with van der Waals surface area (Å²) in [6.45, 7) is 3.68. The van der Waals surface area contributed by atoms with Crippen LogP contribution in [0.3, 0.4) is 0 Å². The topological polar surface area (TPSA) is 37.3 Å². The molecule has 1 heterocycles. The molecule has 1 fully saturated rings. The molecule has 0 unspecified atom stereocenters. The lowest BCUT2D eigenvalue weighted by Gasteiger charge is -2.24. The van der Waals surface area contributed by atoms with E-state index in [9.17, 15) is 4.79 Å². The van der Waals surface area contributed by atoms with Crippen molar-refractivity contribution in [2.75, 3.05) is 11.5 Å². The highest BCUT2D eigenvalue weighted by molar-refractivity contribution is 8.21. The van der Waals surface area contributed by atoms with E-state index in [2.05, 4.69) is 6.58 Å². The van der Waals surface area contributed by atoms with Gasteiger partial charge in [0.2, 0.25) is 0 Å². The second kappa shape index (κ2) is 5.71. The Morgan fingerprint density at radius 3 is 2.64 bits per heavy atom. The van der Waals surface area contributed by atoms with Crippen LogP contribution in [0, 0.1) is 0 Å². The number of rotatable bonds is 6. The Balaban J connectivity index is 2.44. The van der Waals surface area contributed by atoms with Crippen LogP contribution in [-0.2, 0) is 4.79 Å². The summed E-state index contributed by atoms with van der Waals surface area (Å²) >= 11 is 3.63. The molecular formula is C10H16O2S2. The van der Waals surface area contributed by atoms with Crippen molar-refractivity contribution in [2.24, 2.45) is 0 Å². The van der Waals surface area contributed by atoms with Gasteiger partial charge >= 0.3 is 5.97 Å². The summed E-state index contributed by atoms with van der Waals surface area (Å²) in [7, 11) is 0. The van der Waals surface area contributed by atoms with Crippen LogP contribution < -0.4 is 0 Å². The molecule has 0 bridgehead atoms. The lowest BCUT2D eigenvalue weighted by Crippen LogP contribution is -2.21. The molecule has 2 nitrogen and oxygen atoms in total. The van der Waals surface area contributed by atoms with E-state index >= 15 is 0 Å². The Morgan fingerprint density at radius 2 is 2.14 bits per heavy atom. The second-order valence-electron chi connectivity index (χ2n) is 3.36. The Labute approximate surface area is 93.5 Å². The standard InChI is InChI=1S/C10H16O2S2/c1-2-3-4-5-10(8-9(11)12)13-6-7-14-10/h2H,1,3-8H2,(H,11,12). The Hall–Kier alpha value is -0.0900. The van der Waals surface area contributed by atoms with Gasteiger partial charge in [0.15, 0.2) is 0 Å². The molecule has 0 amide bonds. The van der Waals surface area contributed by atoms with Gasteiger partial charge in [0.05, 0.1) is 10.5 Å². The molecule has 0 aromatic carbocycles. The Kier molecular flexibility index (Phi) is 4.89. The first-order chi connectivity index (χ1) is 6.68. The van der Waals surface area contributed by atoms with E-state index in [-0.39, 0.29) is 4.08 Å². The number of carboxylic acids is 1.